The van der Waals surface area contributed by atoms with E-state index in [-0.39, 0.29) is 0 Å². The summed E-state index contributed by atoms with van der Waals surface area (Å²) < 4.78 is 0. The number of aliphatic hydroxyl groups is 4. The second-order valence-corrected chi connectivity index (χ2v) is 16.4. The molecule has 4 atom stereocenters. The van der Waals surface area contributed by atoms with Crippen LogP contribution in [0.5, 0.6) is 0 Å². The first kappa shape index (κ1) is 52.8. The molecule has 1 amide bonds. The van der Waals surface area contributed by atoms with Gasteiger partial charge in [-0.25, -0.2) is 0 Å². The highest BCUT2D eigenvalue weighted by atomic mass is 16.3. The normalized spacial score (nSPS) is 14.3. The molecule has 0 aromatic rings. The monoisotopic (exact) mass is 764 g/mol. The predicted octanol–water partition coefficient (Wildman–Crippen LogP) is 12.7. The van der Waals surface area contributed by atoms with Gasteiger partial charge in [-0.05, 0) is 64.2 Å². The van der Waals surface area contributed by atoms with E-state index in [0.29, 0.717) is 12.8 Å². The summed E-state index contributed by atoms with van der Waals surface area (Å²) in [5.41, 5.74) is 0. The fraction of sp³-hybridized carbons (Fsp3) is 0.896. The largest absolute Gasteiger partial charge is 0.394 e. The van der Waals surface area contributed by atoms with Gasteiger partial charge in [0.1, 0.15) is 12.2 Å². The van der Waals surface area contributed by atoms with Crippen LogP contribution in [0.2, 0.25) is 0 Å². The lowest BCUT2D eigenvalue weighted by Gasteiger charge is -2.27. The SMILES string of the molecule is CCCCCCC/C=C/CCCC(O)C(O)C(CO)NC(=O)C(O)CCCCCCCCCCCCCC/C=C\CCCCCCCCCCCCCC. The minimum Gasteiger partial charge on any atom is -0.394 e. The topological polar surface area (TPSA) is 110 Å². The molecule has 6 heteroatoms. The summed E-state index contributed by atoms with van der Waals surface area (Å²) in [7, 11) is 0. The van der Waals surface area contributed by atoms with Crippen LogP contribution in [0, 0.1) is 0 Å². The van der Waals surface area contributed by atoms with E-state index in [4.69, 9.17) is 0 Å². The van der Waals surface area contributed by atoms with Gasteiger partial charge in [0.25, 0.3) is 0 Å². The van der Waals surface area contributed by atoms with E-state index in [9.17, 15) is 25.2 Å². The van der Waals surface area contributed by atoms with Gasteiger partial charge in [-0.2, -0.15) is 0 Å². The number of allylic oxidation sites excluding steroid dienone is 4. The van der Waals surface area contributed by atoms with Crippen molar-refractivity contribution in [3.63, 3.8) is 0 Å². The minimum absolute atomic E-state index is 0.364. The molecule has 5 N–H and O–H groups in total. The molecule has 320 valence electrons. The Morgan fingerprint density at radius 2 is 0.759 bits per heavy atom. The van der Waals surface area contributed by atoms with Crippen LogP contribution in [-0.2, 0) is 4.79 Å². The molecule has 0 aromatic carbocycles. The molecular formula is C48H93NO5. The maximum Gasteiger partial charge on any atom is 0.249 e. The average molecular weight is 764 g/mol. The average Bonchev–Trinajstić information content (AvgIpc) is 3.18. The van der Waals surface area contributed by atoms with Crippen LogP contribution in [0.3, 0.4) is 0 Å². The highest BCUT2D eigenvalue weighted by Crippen LogP contribution is 2.16. The van der Waals surface area contributed by atoms with Gasteiger partial charge in [-0.15, -0.1) is 0 Å². The fourth-order valence-corrected chi connectivity index (χ4v) is 7.34. The molecule has 4 unspecified atom stereocenters. The third-order valence-electron chi connectivity index (χ3n) is 11.1. The van der Waals surface area contributed by atoms with Crippen molar-refractivity contribution in [1.29, 1.82) is 0 Å². The first-order valence-corrected chi connectivity index (χ1v) is 23.7. The van der Waals surface area contributed by atoms with Gasteiger partial charge in [0.2, 0.25) is 5.91 Å². The number of nitrogens with one attached hydrogen (secondary N) is 1. The van der Waals surface area contributed by atoms with Crippen molar-refractivity contribution in [1.82, 2.24) is 5.32 Å². The van der Waals surface area contributed by atoms with E-state index in [1.807, 2.05) is 0 Å². The molecule has 0 fully saturated rings. The number of carbonyl (C=O) groups is 1. The summed E-state index contributed by atoms with van der Waals surface area (Å²) in [5.74, 6) is -0.594. The highest BCUT2D eigenvalue weighted by Gasteiger charge is 2.28. The second kappa shape index (κ2) is 42.9. The van der Waals surface area contributed by atoms with Crippen LogP contribution in [-0.4, -0.2) is 57.3 Å². The summed E-state index contributed by atoms with van der Waals surface area (Å²) in [6.07, 6.45) is 49.6. The zero-order valence-electron chi connectivity index (χ0n) is 36.0. The molecule has 0 aliphatic heterocycles. The molecular weight excluding hydrogens is 671 g/mol. The van der Waals surface area contributed by atoms with Gasteiger partial charge in [-0.1, -0.05) is 205 Å². The third kappa shape index (κ3) is 36.4. The van der Waals surface area contributed by atoms with Gasteiger partial charge in [0, 0.05) is 0 Å². The van der Waals surface area contributed by atoms with E-state index in [2.05, 4.69) is 43.5 Å². The second-order valence-electron chi connectivity index (χ2n) is 16.4. The molecule has 0 saturated carbocycles. The smallest absolute Gasteiger partial charge is 0.249 e. The van der Waals surface area contributed by atoms with Crippen molar-refractivity contribution in [3.8, 4) is 0 Å². The Hall–Kier alpha value is -1.21. The fourth-order valence-electron chi connectivity index (χ4n) is 7.34. The Morgan fingerprint density at radius 1 is 0.444 bits per heavy atom. The van der Waals surface area contributed by atoms with Gasteiger partial charge >= 0.3 is 0 Å². The maximum absolute atomic E-state index is 12.5. The van der Waals surface area contributed by atoms with Crippen LogP contribution in [0.4, 0.5) is 0 Å². The number of hydrogen-bond acceptors (Lipinski definition) is 5. The number of aliphatic hydroxyl groups excluding tert-OH is 4. The lowest BCUT2D eigenvalue weighted by Crippen LogP contribution is -2.53. The van der Waals surface area contributed by atoms with Crippen molar-refractivity contribution in [2.24, 2.45) is 0 Å². The summed E-state index contributed by atoms with van der Waals surface area (Å²) in [6, 6.07) is -0.998. The Morgan fingerprint density at radius 3 is 1.11 bits per heavy atom. The van der Waals surface area contributed by atoms with Crippen LogP contribution in [0.15, 0.2) is 24.3 Å². The first-order valence-electron chi connectivity index (χ1n) is 23.7. The minimum atomic E-state index is -1.28. The zero-order valence-corrected chi connectivity index (χ0v) is 36.0. The van der Waals surface area contributed by atoms with Crippen molar-refractivity contribution in [2.45, 2.75) is 269 Å². The Labute approximate surface area is 335 Å². The van der Waals surface area contributed by atoms with Crippen LogP contribution in [0.1, 0.15) is 245 Å². The van der Waals surface area contributed by atoms with E-state index in [1.54, 1.807) is 0 Å². The molecule has 0 heterocycles. The molecule has 0 aliphatic rings. The molecule has 0 bridgehead atoms. The maximum atomic E-state index is 12.5. The van der Waals surface area contributed by atoms with Gasteiger partial charge < -0.3 is 25.7 Å². The number of unbranched alkanes of at least 4 members (excludes halogenated alkanes) is 30. The van der Waals surface area contributed by atoms with E-state index in [0.717, 1.165) is 38.5 Å². The number of carbonyl (C=O) groups excluding carboxylic acids is 1. The molecule has 54 heavy (non-hydrogen) atoms. The molecule has 0 aromatic heterocycles. The van der Waals surface area contributed by atoms with Crippen molar-refractivity contribution in [2.75, 3.05) is 6.61 Å². The lowest BCUT2D eigenvalue weighted by atomic mass is 10.00. The molecule has 0 aliphatic carbocycles. The quantitative estimate of drug-likeness (QED) is 0.0314. The molecule has 0 radical (unpaired) electrons. The highest BCUT2D eigenvalue weighted by molar-refractivity contribution is 5.80. The standard InChI is InChI=1S/C48H93NO5/c1-3-5-7-9-11-13-15-16-17-18-19-20-21-22-23-24-25-26-27-28-29-30-31-32-34-36-38-40-42-46(52)48(54)49-44(43-50)47(53)45(51)41-39-37-35-33-14-12-10-8-6-4-2/h22-23,33,35,44-47,50-53H,3-21,24-32,34,36-43H2,1-2H3,(H,49,54)/b23-22-,35-33+. The number of rotatable bonds is 43. The Kier molecular flexibility index (Phi) is 42.0. The van der Waals surface area contributed by atoms with Gasteiger partial charge in [0.15, 0.2) is 0 Å². The van der Waals surface area contributed by atoms with E-state index < -0.39 is 36.9 Å². The molecule has 0 rings (SSSR count). The molecule has 6 nitrogen and oxygen atoms in total. The third-order valence-corrected chi connectivity index (χ3v) is 11.1. The first-order chi connectivity index (χ1) is 26.5. The Bertz CT molecular complexity index is 817. The van der Waals surface area contributed by atoms with Crippen molar-refractivity contribution < 1.29 is 25.2 Å². The van der Waals surface area contributed by atoms with Crippen molar-refractivity contribution in [3.05, 3.63) is 24.3 Å². The number of amides is 1. The summed E-state index contributed by atoms with van der Waals surface area (Å²) in [4.78, 5) is 12.5. The molecule has 0 spiro atoms. The van der Waals surface area contributed by atoms with Gasteiger partial charge in [0.05, 0.1) is 18.8 Å². The summed E-state index contributed by atoms with van der Waals surface area (Å²) in [6.45, 7) is 4.01. The van der Waals surface area contributed by atoms with Gasteiger partial charge in [-0.3, -0.25) is 4.79 Å². The van der Waals surface area contributed by atoms with Crippen LogP contribution >= 0.6 is 0 Å². The number of hydrogen-bond donors (Lipinski definition) is 5. The Balaban J connectivity index is 3.61. The van der Waals surface area contributed by atoms with Crippen LogP contribution in [0.25, 0.3) is 0 Å². The predicted molar refractivity (Wildman–Crippen MR) is 233 cm³/mol. The van der Waals surface area contributed by atoms with Crippen molar-refractivity contribution >= 4 is 5.91 Å². The molecule has 0 saturated heterocycles. The van der Waals surface area contributed by atoms with E-state index in [1.165, 1.54) is 180 Å². The lowest BCUT2D eigenvalue weighted by molar-refractivity contribution is -0.132. The zero-order chi connectivity index (χ0) is 39.6. The summed E-state index contributed by atoms with van der Waals surface area (Å²) >= 11 is 0. The summed E-state index contributed by atoms with van der Waals surface area (Å²) in [5, 5.41) is 43.5. The van der Waals surface area contributed by atoms with E-state index >= 15 is 0 Å². The van der Waals surface area contributed by atoms with Crippen LogP contribution < -0.4 is 5.32 Å².